The number of nitrogen functional groups attached to an aromatic ring is 1. The zero-order valence-electron chi connectivity index (χ0n) is 17.2. The molecule has 0 aromatic carbocycles. The second-order valence-electron chi connectivity index (χ2n) is 7.62. The van der Waals surface area contributed by atoms with Crippen LogP contribution in [0.15, 0.2) is 24.4 Å². The lowest BCUT2D eigenvalue weighted by Crippen LogP contribution is -2.44. The highest BCUT2D eigenvalue weighted by molar-refractivity contribution is 7.97. The fourth-order valence-corrected chi connectivity index (χ4v) is 3.64. The Morgan fingerprint density at radius 1 is 1.24 bits per heavy atom. The third-order valence-electron chi connectivity index (χ3n) is 5.21. The number of nitrogens with two attached hydrogens (primary N) is 1. The Morgan fingerprint density at radius 3 is 2.76 bits per heavy atom. The van der Waals surface area contributed by atoms with Crippen LogP contribution in [0.2, 0.25) is 0 Å². The Kier molecular flexibility index (Phi) is 5.91. The van der Waals surface area contributed by atoms with Gasteiger partial charge in [-0.05, 0) is 50.3 Å². The summed E-state index contributed by atoms with van der Waals surface area (Å²) in [6, 6.07) is 6.26. The Bertz CT molecular complexity index is 986. The highest BCUT2D eigenvalue weighted by Gasteiger charge is 2.26. The number of rotatable bonds is 3. The summed E-state index contributed by atoms with van der Waals surface area (Å²) in [4.78, 5) is 19.5. The summed E-state index contributed by atoms with van der Waals surface area (Å²) in [6.45, 7) is 4.33. The number of aromatic nitrogens is 4. The van der Waals surface area contributed by atoms with Crippen LogP contribution in [0.3, 0.4) is 0 Å². The van der Waals surface area contributed by atoms with Gasteiger partial charge in [0.05, 0.1) is 19.3 Å². The molecule has 4 heterocycles. The van der Waals surface area contributed by atoms with E-state index in [1.165, 1.54) is 18.5 Å². The summed E-state index contributed by atoms with van der Waals surface area (Å²) in [5, 5.41) is 1.06. The van der Waals surface area contributed by atoms with Crippen molar-refractivity contribution < 1.29 is 4.74 Å². The van der Waals surface area contributed by atoms with Crippen molar-refractivity contribution in [2.24, 2.45) is 0 Å². The molecule has 154 valence electrons. The number of nitrogens with one attached hydrogen (secondary N) is 1. The molecule has 2 fully saturated rings. The summed E-state index contributed by atoms with van der Waals surface area (Å²) in [7, 11) is 0. The number of nitrogens with zero attached hydrogens (tertiary/aromatic N) is 4. The summed E-state index contributed by atoms with van der Waals surface area (Å²) in [6.07, 6.45) is 8.38. The highest BCUT2D eigenvalue weighted by Crippen LogP contribution is 2.41. The molecule has 0 amide bonds. The Labute approximate surface area is 175 Å². The summed E-state index contributed by atoms with van der Waals surface area (Å²) >= 11 is 1.75. The number of ether oxygens (including phenoxy) is 1. The zero-order chi connectivity index (χ0) is 20.4. The van der Waals surface area contributed by atoms with Crippen LogP contribution in [0.25, 0.3) is 22.4 Å². The van der Waals surface area contributed by atoms with E-state index in [-0.39, 0.29) is 6.04 Å². The van der Waals surface area contributed by atoms with Crippen LogP contribution in [-0.4, -0.2) is 58.2 Å². The quantitative estimate of drug-likeness (QED) is 0.678. The molecule has 1 atom stereocenters. The molecule has 0 bridgehead atoms. The molecule has 0 spiro atoms. The van der Waals surface area contributed by atoms with Crippen LogP contribution in [-0.2, 0) is 4.74 Å². The van der Waals surface area contributed by atoms with Gasteiger partial charge in [-0.1, -0.05) is 0 Å². The molecule has 3 aromatic rings. The number of morpholine rings is 1. The number of pyridine rings is 1. The van der Waals surface area contributed by atoms with Crippen molar-refractivity contribution >= 4 is 34.4 Å². The van der Waals surface area contributed by atoms with Crippen LogP contribution >= 0.6 is 11.8 Å². The van der Waals surface area contributed by atoms with E-state index in [9.17, 15) is 0 Å². The number of hydrogen-bond acceptors (Lipinski definition) is 7. The van der Waals surface area contributed by atoms with Crippen LogP contribution in [0.1, 0.15) is 31.4 Å². The lowest BCUT2D eigenvalue weighted by atomic mass is 10.1. The average Bonchev–Trinajstić information content (AvgIpc) is 3.46. The van der Waals surface area contributed by atoms with Gasteiger partial charge in [-0.25, -0.2) is 15.0 Å². The minimum Gasteiger partial charge on any atom is -0.384 e. The Morgan fingerprint density at radius 2 is 2.03 bits per heavy atom. The number of aromatic amines is 1. The number of anilines is 2. The number of hydrogen-bond donors (Lipinski definition) is 2. The third kappa shape index (κ3) is 4.33. The minimum atomic E-state index is 0.261. The molecule has 5 rings (SSSR count). The van der Waals surface area contributed by atoms with Gasteiger partial charge >= 0.3 is 0 Å². The second kappa shape index (κ2) is 8.59. The van der Waals surface area contributed by atoms with Crippen molar-refractivity contribution in [1.29, 1.82) is 0 Å². The van der Waals surface area contributed by atoms with Crippen molar-refractivity contribution in [3.05, 3.63) is 30.1 Å². The van der Waals surface area contributed by atoms with Gasteiger partial charge in [0.15, 0.2) is 5.82 Å². The fraction of sp³-hybridized carbons (Fsp3) is 0.476. The predicted molar refractivity (Wildman–Crippen MR) is 121 cm³/mol. The number of H-pyrrole nitrogens is 1. The van der Waals surface area contributed by atoms with Gasteiger partial charge in [-0.2, -0.15) is 11.8 Å². The van der Waals surface area contributed by atoms with Gasteiger partial charge in [0, 0.05) is 35.5 Å². The van der Waals surface area contributed by atoms with Gasteiger partial charge in [0.25, 0.3) is 0 Å². The second-order valence-corrected chi connectivity index (χ2v) is 8.44. The molecule has 3 N–H and O–H groups in total. The first kappa shape index (κ1) is 20.0. The molecule has 1 aliphatic heterocycles. The molecule has 1 saturated heterocycles. The van der Waals surface area contributed by atoms with E-state index in [4.69, 9.17) is 15.5 Å². The van der Waals surface area contributed by atoms with E-state index in [1.807, 2.05) is 24.6 Å². The molecule has 8 heteroatoms. The lowest BCUT2D eigenvalue weighted by Gasteiger charge is -2.34. The van der Waals surface area contributed by atoms with E-state index in [1.54, 1.807) is 18.0 Å². The molecule has 0 radical (unpaired) electrons. The Balaban J connectivity index is 0.000000645. The van der Waals surface area contributed by atoms with Gasteiger partial charge in [0.2, 0.25) is 0 Å². The predicted octanol–water partition coefficient (Wildman–Crippen LogP) is 3.68. The normalized spacial score (nSPS) is 19.1. The molecular formula is C21H28N6OS. The van der Waals surface area contributed by atoms with Crippen molar-refractivity contribution in [2.75, 3.05) is 42.9 Å². The molecule has 1 unspecified atom stereocenters. The first-order chi connectivity index (χ1) is 14.1. The number of thioether (sulfide) groups is 1. The minimum absolute atomic E-state index is 0.261. The smallest absolute Gasteiger partial charge is 0.164 e. The molecule has 7 nitrogen and oxygen atoms in total. The van der Waals surface area contributed by atoms with E-state index in [0.29, 0.717) is 30.8 Å². The summed E-state index contributed by atoms with van der Waals surface area (Å²) < 4.78 is 5.54. The summed E-state index contributed by atoms with van der Waals surface area (Å²) in [5.41, 5.74) is 9.23. The van der Waals surface area contributed by atoms with Crippen molar-refractivity contribution in [3.63, 3.8) is 0 Å². The SMILES string of the molecule is CC1COCCN1c1cc(N)nc(-c2ccnc3[nH]c(C4CC4)cc23)n1.CSC. The topological polar surface area (TPSA) is 93.0 Å². The summed E-state index contributed by atoms with van der Waals surface area (Å²) in [5.74, 6) is 2.62. The average molecular weight is 413 g/mol. The maximum absolute atomic E-state index is 6.12. The molecular weight excluding hydrogens is 384 g/mol. The maximum Gasteiger partial charge on any atom is 0.164 e. The van der Waals surface area contributed by atoms with Crippen LogP contribution in [0, 0.1) is 0 Å². The van der Waals surface area contributed by atoms with Crippen LogP contribution in [0.5, 0.6) is 0 Å². The van der Waals surface area contributed by atoms with E-state index >= 15 is 0 Å². The molecule has 1 aliphatic carbocycles. The molecule has 29 heavy (non-hydrogen) atoms. The van der Waals surface area contributed by atoms with Gasteiger partial charge in [0.1, 0.15) is 17.3 Å². The molecule has 2 aliphatic rings. The maximum atomic E-state index is 6.12. The van der Waals surface area contributed by atoms with E-state index in [2.05, 4.69) is 32.8 Å². The number of fused-ring (bicyclic) bond motifs is 1. The monoisotopic (exact) mass is 412 g/mol. The molecule has 3 aromatic heterocycles. The fourth-order valence-electron chi connectivity index (χ4n) is 3.64. The van der Waals surface area contributed by atoms with Crippen LogP contribution < -0.4 is 10.6 Å². The first-order valence-corrected chi connectivity index (χ1v) is 11.6. The third-order valence-corrected chi connectivity index (χ3v) is 5.21. The van der Waals surface area contributed by atoms with Crippen molar-refractivity contribution in [3.8, 4) is 11.4 Å². The Hall–Kier alpha value is -2.32. The lowest BCUT2D eigenvalue weighted by molar-refractivity contribution is 0.0985. The van der Waals surface area contributed by atoms with Gasteiger partial charge < -0.3 is 20.4 Å². The largest absolute Gasteiger partial charge is 0.384 e. The van der Waals surface area contributed by atoms with Crippen molar-refractivity contribution in [1.82, 2.24) is 19.9 Å². The standard InChI is InChI=1S/C19H22N6O.C2H6S/c1-11-10-26-7-6-25(11)17-9-16(20)23-19(24-17)13-4-5-21-18-14(13)8-15(22-18)12-2-3-12;1-3-2/h4-5,8-9,11-12H,2-3,6-7,10H2,1H3,(H,21,22)(H2,20,23,24);1-2H3. The molecule has 1 saturated carbocycles. The first-order valence-electron chi connectivity index (χ1n) is 9.97. The van der Waals surface area contributed by atoms with E-state index < -0.39 is 0 Å². The highest BCUT2D eigenvalue weighted by atomic mass is 32.2. The van der Waals surface area contributed by atoms with Gasteiger partial charge in [-0.15, -0.1) is 0 Å². The van der Waals surface area contributed by atoms with Crippen LogP contribution in [0.4, 0.5) is 11.6 Å². The zero-order valence-corrected chi connectivity index (χ0v) is 18.0. The van der Waals surface area contributed by atoms with Crippen molar-refractivity contribution in [2.45, 2.75) is 31.7 Å². The van der Waals surface area contributed by atoms with E-state index in [0.717, 1.165) is 29.0 Å². The van der Waals surface area contributed by atoms with Gasteiger partial charge in [-0.3, -0.25) is 0 Å².